The van der Waals surface area contributed by atoms with E-state index in [9.17, 15) is 4.79 Å². The van der Waals surface area contributed by atoms with Gasteiger partial charge in [0.15, 0.2) is 17.6 Å². The van der Waals surface area contributed by atoms with Crippen LogP contribution in [0.4, 0.5) is 0 Å². The first kappa shape index (κ1) is 15.0. The second-order valence-electron chi connectivity index (χ2n) is 8.45. The third kappa shape index (κ3) is 2.23. The zero-order valence-corrected chi connectivity index (χ0v) is 16.6. The quantitative estimate of drug-likeness (QED) is 0.442. The highest BCUT2D eigenvalue weighted by Gasteiger charge is 2.65. The second kappa shape index (κ2) is 6.32. The average Bonchev–Trinajstić information content (AvgIpc) is 3.14. The average molecular weight is 408 g/mol. The number of carbonyl (C=O) groups is 1. The molecule has 2 aromatic rings. The van der Waals surface area contributed by atoms with Crippen molar-refractivity contribution >= 4 is 5.97 Å². The van der Waals surface area contributed by atoms with Crippen molar-refractivity contribution in [2.75, 3.05) is 20.6 Å². The molecule has 0 unspecified atom stereocenters. The zero-order valence-electron chi connectivity index (χ0n) is 19.6. The molecule has 6 rings (SSSR count). The molecule has 154 valence electrons. The first-order valence-electron chi connectivity index (χ1n) is 11.8. The number of esters is 1. The van der Waals surface area contributed by atoms with E-state index in [2.05, 4.69) is 4.98 Å². The molecule has 6 nitrogen and oxygen atoms in total. The van der Waals surface area contributed by atoms with Crippen LogP contribution in [0.2, 0.25) is 0 Å². The van der Waals surface area contributed by atoms with Gasteiger partial charge < -0.3 is 19.1 Å². The molecule has 2 aliphatic carbocycles. The number of rotatable bonds is 3. The smallest absolute Gasteiger partial charge is 0.340 e. The Morgan fingerprint density at radius 1 is 1.37 bits per heavy atom. The van der Waals surface area contributed by atoms with Gasteiger partial charge in [0.2, 0.25) is 0 Å². The third-order valence-electron chi connectivity index (χ3n) is 7.20. The van der Waals surface area contributed by atoms with Crippen LogP contribution < -0.4 is 9.47 Å². The molecule has 3 heterocycles. The second-order valence-corrected chi connectivity index (χ2v) is 8.45. The predicted octanol–water partition coefficient (Wildman–Crippen LogP) is 2.76. The van der Waals surface area contributed by atoms with Gasteiger partial charge >= 0.3 is 5.97 Å². The number of aromatic nitrogens is 1. The van der Waals surface area contributed by atoms with Gasteiger partial charge in [-0.05, 0) is 56.2 Å². The van der Waals surface area contributed by atoms with E-state index in [0.717, 1.165) is 11.1 Å². The first-order chi connectivity index (χ1) is 15.8. The molecule has 2 bridgehead atoms. The number of hydrogen-bond donors (Lipinski definition) is 0. The van der Waals surface area contributed by atoms with Crippen LogP contribution in [0.25, 0.3) is 0 Å². The maximum atomic E-state index is 12.9. The fourth-order valence-electron chi connectivity index (χ4n) is 5.96. The molecule has 2 aliphatic heterocycles. The lowest BCUT2D eigenvalue weighted by Crippen LogP contribution is -2.65. The molecule has 1 aromatic heterocycles. The topological polar surface area (TPSA) is 60.9 Å². The summed E-state index contributed by atoms with van der Waals surface area (Å²) in [6.45, 7) is -1.75. The zero-order chi connectivity index (χ0) is 23.0. The first-order valence-corrected chi connectivity index (χ1v) is 10.3. The van der Waals surface area contributed by atoms with Crippen molar-refractivity contribution in [1.29, 1.82) is 0 Å². The molecule has 1 aromatic carbocycles. The molecule has 4 aliphatic rings. The number of methoxy groups -OCH3 is 1. The number of carbonyl (C=O) groups excluding carboxylic acids is 1. The van der Waals surface area contributed by atoms with Gasteiger partial charge in [0, 0.05) is 39.4 Å². The molecule has 0 radical (unpaired) electrons. The van der Waals surface area contributed by atoms with Crippen LogP contribution >= 0.6 is 0 Å². The number of likely N-dealkylation sites (N-methyl/N-ethyl adjacent to an activating group) is 1. The van der Waals surface area contributed by atoms with E-state index in [1.807, 2.05) is 24.3 Å². The van der Waals surface area contributed by atoms with Crippen LogP contribution in [-0.2, 0) is 16.6 Å². The van der Waals surface area contributed by atoms with E-state index in [1.54, 1.807) is 30.3 Å². The molecule has 6 heteroatoms. The van der Waals surface area contributed by atoms with Crippen LogP contribution in [0, 0.1) is 5.92 Å². The SMILES string of the molecule is [2H][13C]([2H])([2H])N1CC[C@]23c4c5ccc(OC)c4O[C@H]2[C@@H](OC(=O)c2cccnc2)C=C[C@H]3[C@H]1C5. The minimum absolute atomic E-state index is 0.0640. The van der Waals surface area contributed by atoms with Gasteiger partial charge in [-0.25, -0.2) is 4.79 Å². The number of likely N-dealkylation sites (tertiary alicyclic amines) is 1. The van der Waals surface area contributed by atoms with Crippen molar-refractivity contribution in [1.82, 2.24) is 9.88 Å². The Kier molecular flexibility index (Phi) is 3.16. The number of nitrogens with zero attached hydrogens (tertiary/aromatic N) is 2. The Bertz CT molecular complexity index is 1150. The van der Waals surface area contributed by atoms with Crippen LogP contribution in [0.5, 0.6) is 11.5 Å². The molecule has 0 N–H and O–H groups in total. The molecule has 0 amide bonds. The Morgan fingerprint density at radius 3 is 3.10 bits per heavy atom. The largest absolute Gasteiger partial charge is 0.493 e. The van der Waals surface area contributed by atoms with Gasteiger partial charge in [-0.3, -0.25) is 4.98 Å². The van der Waals surface area contributed by atoms with Crippen molar-refractivity contribution in [3.8, 4) is 11.5 Å². The van der Waals surface area contributed by atoms with Crippen molar-refractivity contribution in [3.63, 3.8) is 0 Å². The molecule has 1 fully saturated rings. The summed E-state index contributed by atoms with van der Waals surface area (Å²) in [6.07, 6.45) is 7.13. The Hall–Kier alpha value is -2.86. The molecule has 1 saturated heterocycles. The number of ether oxygens (including phenoxy) is 3. The van der Waals surface area contributed by atoms with E-state index in [4.69, 9.17) is 18.3 Å². The highest BCUT2D eigenvalue weighted by atomic mass is 16.6. The number of benzene rings is 1. The van der Waals surface area contributed by atoms with Gasteiger partial charge in [-0.15, -0.1) is 0 Å². The maximum absolute atomic E-state index is 12.9. The lowest BCUT2D eigenvalue weighted by atomic mass is 9.53. The van der Waals surface area contributed by atoms with Crippen LogP contribution in [-0.4, -0.2) is 54.7 Å². The fourth-order valence-corrected chi connectivity index (χ4v) is 5.96. The third-order valence-corrected chi connectivity index (χ3v) is 7.20. The molecule has 5 atom stereocenters. The predicted molar refractivity (Wildman–Crippen MR) is 110 cm³/mol. The standard InChI is InChI=1S/C24H24N2O4/c1-26-11-9-24-16-6-8-19(29-23(27)15-4-3-10-25-13-15)22(24)30-21-18(28-2)7-5-14(20(21)24)12-17(16)26/h3-8,10,13,16-17,19,22H,9,11-12H2,1-2H3/t16-,17+,19-,22-,24-/m0/s1/i1+1D3. The van der Waals surface area contributed by atoms with Crippen molar-refractivity contribution in [3.05, 3.63) is 65.5 Å². The number of pyridine rings is 1. The normalized spacial score (nSPS) is 34.8. The summed E-state index contributed by atoms with van der Waals surface area (Å²) < 4.78 is 42.4. The van der Waals surface area contributed by atoms with Crippen LogP contribution in [0.3, 0.4) is 0 Å². The highest BCUT2D eigenvalue weighted by Crippen LogP contribution is 2.62. The number of piperidine rings is 1. The van der Waals surface area contributed by atoms with Gasteiger partial charge in [-0.1, -0.05) is 12.1 Å². The molecule has 1 spiro atoms. The van der Waals surface area contributed by atoms with Crippen molar-refractivity contribution < 1.29 is 23.1 Å². The van der Waals surface area contributed by atoms with Crippen molar-refractivity contribution in [2.24, 2.45) is 5.92 Å². The van der Waals surface area contributed by atoms with Gasteiger partial charge in [0.25, 0.3) is 0 Å². The Balaban J connectivity index is 1.46. The van der Waals surface area contributed by atoms with Gasteiger partial charge in [-0.2, -0.15) is 0 Å². The van der Waals surface area contributed by atoms with Gasteiger partial charge in [0.1, 0.15) is 6.10 Å². The van der Waals surface area contributed by atoms with E-state index < -0.39 is 30.6 Å². The molecular weight excluding hydrogens is 381 g/mol. The maximum Gasteiger partial charge on any atom is 0.340 e. The monoisotopic (exact) mass is 408 g/mol. The lowest BCUT2D eigenvalue weighted by Gasteiger charge is -2.56. The Morgan fingerprint density at radius 2 is 2.30 bits per heavy atom. The fraction of sp³-hybridized carbons (Fsp3) is 0.417. The van der Waals surface area contributed by atoms with E-state index in [0.29, 0.717) is 36.4 Å². The summed E-state index contributed by atoms with van der Waals surface area (Å²) >= 11 is 0. The van der Waals surface area contributed by atoms with Crippen LogP contribution in [0.15, 0.2) is 48.8 Å². The summed E-state index contributed by atoms with van der Waals surface area (Å²) in [5, 5.41) is 0. The van der Waals surface area contributed by atoms with Gasteiger partial charge in [0.05, 0.1) is 12.7 Å². The molecular formula is C24H24N2O4. The minimum Gasteiger partial charge on any atom is -0.493 e. The van der Waals surface area contributed by atoms with E-state index >= 15 is 0 Å². The van der Waals surface area contributed by atoms with E-state index in [-0.39, 0.29) is 12.0 Å². The highest BCUT2D eigenvalue weighted by molar-refractivity contribution is 5.89. The molecule has 30 heavy (non-hydrogen) atoms. The summed E-state index contributed by atoms with van der Waals surface area (Å²) in [5.74, 6) is 0.805. The number of hydrogen-bond acceptors (Lipinski definition) is 6. The molecule has 0 saturated carbocycles. The summed E-state index contributed by atoms with van der Waals surface area (Å²) in [4.78, 5) is 18.5. The summed E-state index contributed by atoms with van der Waals surface area (Å²) in [7, 11) is 1.61. The summed E-state index contributed by atoms with van der Waals surface area (Å²) in [6, 6.07) is 7.07. The minimum atomic E-state index is -2.18. The van der Waals surface area contributed by atoms with E-state index in [1.165, 1.54) is 6.20 Å². The Labute approximate surface area is 179 Å². The van der Waals surface area contributed by atoms with Crippen LogP contribution in [0.1, 0.15) is 32.0 Å². The lowest BCUT2D eigenvalue weighted by molar-refractivity contribution is -0.0555. The summed E-state index contributed by atoms with van der Waals surface area (Å²) in [5.41, 5.74) is 2.07. The van der Waals surface area contributed by atoms with Crippen molar-refractivity contribution in [2.45, 2.75) is 36.5 Å².